The van der Waals surface area contributed by atoms with Crippen LogP contribution in [0.25, 0.3) is 21.5 Å². The molecule has 0 amide bonds. The van der Waals surface area contributed by atoms with Crippen molar-refractivity contribution in [3.05, 3.63) is 143 Å². The Hall–Kier alpha value is -5.16. The van der Waals surface area contributed by atoms with E-state index in [-0.39, 0.29) is 5.41 Å². The zero-order valence-electron chi connectivity index (χ0n) is 25.7. The van der Waals surface area contributed by atoms with E-state index < -0.39 is 0 Å². The fourth-order valence-corrected chi connectivity index (χ4v) is 7.98. The van der Waals surface area contributed by atoms with Crippen LogP contribution in [0.1, 0.15) is 48.8 Å². The molecule has 1 aliphatic heterocycles. The molecule has 8 rings (SSSR count). The van der Waals surface area contributed by atoms with Gasteiger partial charge in [0.2, 0.25) is 0 Å². The zero-order chi connectivity index (χ0) is 30.4. The van der Waals surface area contributed by atoms with Gasteiger partial charge in [-0.2, -0.15) is 0 Å². The molecule has 1 fully saturated rings. The van der Waals surface area contributed by atoms with Crippen molar-refractivity contribution < 1.29 is 9.68 Å². The Morgan fingerprint density at radius 2 is 1.20 bits per heavy atom. The van der Waals surface area contributed by atoms with Crippen LogP contribution in [0.3, 0.4) is 0 Å². The van der Waals surface area contributed by atoms with Crippen molar-refractivity contribution in [2.45, 2.75) is 37.5 Å². The third-order valence-electron chi connectivity index (χ3n) is 9.79. The van der Waals surface area contributed by atoms with E-state index in [0.717, 1.165) is 41.0 Å². The molecule has 1 heterocycles. The van der Waals surface area contributed by atoms with E-state index >= 15 is 0 Å². The Morgan fingerprint density at radius 1 is 0.600 bits per heavy atom. The SMILES string of the molecule is CO/N=C1C(=C/C=C2\N(c3cccc4ccccc34)c3ccc4ccccc4c3C23CCCCC3)/C(=N/OC)c2ccccc2/1. The summed E-state index contributed by atoms with van der Waals surface area (Å²) >= 11 is 0. The van der Waals surface area contributed by atoms with E-state index in [1.54, 1.807) is 14.2 Å². The van der Waals surface area contributed by atoms with Gasteiger partial charge in [0.1, 0.15) is 25.6 Å². The molecule has 0 N–H and O–H groups in total. The first-order valence-electron chi connectivity index (χ1n) is 15.8. The number of fused-ring (bicyclic) bond motifs is 6. The third kappa shape index (κ3) is 4.21. The van der Waals surface area contributed by atoms with Crippen molar-refractivity contribution in [1.29, 1.82) is 0 Å². The Labute approximate surface area is 263 Å². The van der Waals surface area contributed by atoms with E-state index in [1.807, 2.05) is 12.1 Å². The number of hydrogen-bond acceptors (Lipinski definition) is 5. The first kappa shape index (κ1) is 27.4. The van der Waals surface area contributed by atoms with Crippen LogP contribution in [-0.2, 0) is 15.1 Å². The van der Waals surface area contributed by atoms with Gasteiger partial charge in [-0.05, 0) is 58.8 Å². The highest BCUT2D eigenvalue weighted by Crippen LogP contribution is 2.60. The lowest BCUT2D eigenvalue weighted by atomic mass is 9.67. The smallest absolute Gasteiger partial charge is 0.120 e. The van der Waals surface area contributed by atoms with Gasteiger partial charge in [-0.1, -0.05) is 121 Å². The normalized spacial score (nSPS) is 19.6. The number of anilines is 2. The Kier molecular flexibility index (Phi) is 6.75. The van der Waals surface area contributed by atoms with Crippen LogP contribution in [-0.4, -0.2) is 25.6 Å². The third-order valence-corrected chi connectivity index (χ3v) is 9.79. The Bertz CT molecular complexity index is 2030. The monoisotopic (exact) mass is 589 g/mol. The van der Waals surface area contributed by atoms with E-state index in [2.05, 4.69) is 118 Å². The molecule has 2 aliphatic carbocycles. The molecule has 0 bridgehead atoms. The molecule has 5 aromatic rings. The second kappa shape index (κ2) is 11.1. The molecular weight excluding hydrogens is 554 g/mol. The maximum absolute atomic E-state index is 5.38. The van der Waals surface area contributed by atoms with Crippen molar-refractivity contribution in [2.24, 2.45) is 10.3 Å². The average molecular weight is 590 g/mol. The van der Waals surface area contributed by atoms with Crippen molar-refractivity contribution in [1.82, 2.24) is 0 Å². The first-order chi connectivity index (χ1) is 22.2. The molecule has 0 atom stereocenters. The summed E-state index contributed by atoms with van der Waals surface area (Å²) < 4.78 is 0. The van der Waals surface area contributed by atoms with Gasteiger partial charge in [-0.25, -0.2) is 0 Å². The van der Waals surface area contributed by atoms with Crippen LogP contribution < -0.4 is 4.90 Å². The lowest BCUT2D eigenvalue weighted by Gasteiger charge is -2.37. The largest absolute Gasteiger partial charge is 0.399 e. The molecule has 0 unspecified atom stereocenters. The van der Waals surface area contributed by atoms with Crippen LogP contribution in [0.5, 0.6) is 0 Å². The number of benzene rings is 5. The fraction of sp³-hybridized carbons (Fsp3) is 0.200. The molecule has 5 nitrogen and oxygen atoms in total. The summed E-state index contributed by atoms with van der Waals surface area (Å²) in [5, 5.41) is 14.1. The number of rotatable bonds is 4. The predicted molar refractivity (Wildman–Crippen MR) is 184 cm³/mol. The quantitative estimate of drug-likeness (QED) is 0.196. The highest BCUT2D eigenvalue weighted by atomic mass is 16.6. The van der Waals surface area contributed by atoms with Crippen molar-refractivity contribution in [3.8, 4) is 0 Å². The standard InChI is InChI=1S/C40H35N3O2/c1-44-41-38-31-18-8-9-19-32(31)39(42-45-2)33(38)22-24-36-40(25-10-3-11-26-40)37-30-17-7-5-14-28(30)21-23-35(37)43(36)34-20-12-15-27-13-4-6-16-29(27)34/h4-9,12-24H,3,10-11,25-26H2,1-2H3/b36-24-,41-38+,42-39+. The molecule has 5 heteroatoms. The average Bonchev–Trinajstić information content (AvgIpc) is 3.52. The van der Waals surface area contributed by atoms with Crippen molar-refractivity contribution >= 4 is 44.3 Å². The minimum Gasteiger partial charge on any atom is -0.399 e. The summed E-state index contributed by atoms with van der Waals surface area (Å²) in [6.07, 6.45) is 10.4. The highest BCUT2D eigenvalue weighted by Gasteiger charge is 2.49. The van der Waals surface area contributed by atoms with Crippen LogP contribution in [0, 0.1) is 0 Å². The fourth-order valence-electron chi connectivity index (χ4n) is 7.98. The van der Waals surface area contributed by atoms with Gasteiger partial charge in [0, 0.05) is 33.2 Å². The second-order valence-corrected chi connectivity index (χ2v) is 12.1. The molecular formula is C40H35N3O2. The topological polar surface area (TPSA) is 46.4 Å². The molecule has 45 heavy (non-hydrogen) atoms. The van der Waals surface area contributed by atoms with E-state index in [4.69, 9.17) is 9.68 Å². The van der Waals surface area contributed by atoms with Crippen LogP contribution in [0.15, 0.2) is 137 Å². The summed E-state index contributed by atoms with van der Waals surface area (Å²) in [5.41, 5.74) is 9.45. The van der Waals surface area contributed by atoms with Gasteiger partial charge >= 0.3 is 0 Å². The first-order valence-corrected chi connectivity index (χ1v) is 15.8. The molecule has 5 aromatic carbocycles. The summed E-state index contributed by atoms with van der Waals surface area (Å²) in [6.45, 7) is 0. The van der Waals surface area contributed by atoms with Crippen molar-refractivity contribution in [2.75, 3.05) is 19.1 Å². The number of allylic oxidation sites excluding steroid dienone is 4. The lowest BCUT2D eigenvalue weighted by molar-refractivity contribution is 0.213. The highest BCUT2D eigenvalue weighted by molar-refractivity contribution is 6.42. The number of oxime groups is 2. The summed E-state index contributed by atoms with van der Waals surface area (Å²) in [6, 6.07) is 37.0. The second-order valence-electron chi connectivity index (χ2n) is 12.1. The summed E-state index contributed by atoms with van der Waals surface area (Å²) in [7, 11) is 3.18. The van der Waals surface area contributed by atoms with Gasteiger partial charge in [0.25, 0.3) is 0 Å². The van der Waals surface area contributed by atoms with Crippen LogP contribution >= 0.6 is 0 Å². The Morgan fingerprint density at radius 3 is 1.89 bits per heavy atom. The van der Waals surface area contributed by atoms with Gasteiger partial charge in [0.15, 0.2) is 0 Å². The molecule has 0 saturated heterocycles. The van der Waals surface area contributed by atoms with Crippen molar-refractivity contribution in [3.63, 3.8) is 0 Å². The summed E-state index contributed by atoms with van der Waals surface area (Å²) in [5.74, 6) is 0. The van der Waals surface area contributed by atoms with Crippen LogP contribution in [0.2, 0.25) is 0 Å². The van der Waals surface area contributed by atoms with Crippen LogP contribution in [0.4, 0.5) is 11.4 Å². The molecule has 3 aliphatic rings. The summed E-state index contributed by atoms with van der Waals surface area (Å²) in [4.78, 5) is 13.3. The lowest BCUT2D eigenvalue weighted by Crippen LogP contribution is -2.32. The van der Waals surface area contributed by atoms with Gasteiger partial charge in [-0.15, -0.1) is 0 Å². The maximum atomic E-state index is 5.38. The number of nitrogens with zero attached hydrogens (tertiary/aromatic N) is 3. The van der Waals surface area contributed by atoms with Gasteiger partial charge in [0.05, 0.1) is 11.4 Å². The molecule has 0 aromatic heterocycles. The molecule has 222 valence electrons. The minimum atomic E-state index is -0.134. The van der Waals surface area contributed by atoms with E-state index in [9.17, 15) is 0 Å². The molecule has 1 saturated carbocycles. The predicted octanol–water partition coefficient (Wildman–Crippen LogP) is 9.57. The molecule has 1 spiro atoms. The minimum absolute atomic E-state index is 0.134. The maximum Gasteiger partial charge on any atom is 0.120 e. The number of hydrogen-bond donors (Lipinski definition) is 0. The van der Waals surface area contributed by atoms with E-state index in [1.165, 1.54) is 63.4 Å². The Balaban J connectivity index is 1.44. The van der Waals surface area contributed by atoms with Gasteiger partial charge in [-0.3, -0.25) is 0 Å². The zero-order valence-corrected chi connectivity index (χ0v) is 25.7. The van der Waals surface area contributed by atoms with E-state index in [0.29, 0.717) is 0 Å². The molecule has 0 radical (unpaired) electrons. The van der Waals surface area contributed by atoms with Gasteiger partial charge < -0.3 is 14.6 Å².